The Balaban J connectivity index is 0.000000283. The van der Waals surface area contributed by atoms with Crippen LogP contribution < -0.4 is 0 Å². The van der Waals surface area contributed by atoms with Gasteiger partial charge in [0.25, 0.3) is 0 Å². The third-order valence-corrected chi connectivity index (χ3v) is 2.08. The molecular weight excluding hydrogens is 252 g/mol. The third-order valence-electron chi connectivity index (χ3n) is 2.08. The molecule has 0 aromatic rings. The second kappa shape index (κ2) is 12.8. The summed E-state index contributed by atoms with van der Waals surface area (Å²) in [6.07, 6.45) is 0.225. The summed E-state index contributed by atoms with van der Waals surface area (Å²) in [6, 6.07) is 0. The van der Waals surface area contributed by atoms with Crippen LogP contribution in [-0.4, -0.2) is 74.8 Å². The number of hydrogen-bond acceptors (Lipinski definition) is 6. The zero-order chi connectivity index (χ0) is 14.5. The quantitative estimate of drug-likeness (QED) is 0.648. The topological polar surface area (TPSA) is 84.0 Å². The zero-order valence-corrected chi connectivity index (χ0v) is 12.2. The molecule has 3 unspecified atom stereocenters. The lowest BCUT2D eigenvalue weighted by molar-refractivity contribution is 0.102. The molecule has 2 fully saturated rings. The van der Waals surface area contributed by atoms with Crippen LogP contribution in [0.15, 0.2) is 0 Å². The molecule has 2 aliphatic rings. The molecule has 0 bridgehead atoms. The Morgan fingerprint density at radius 3 is 1.58 bits per heavy atom. The van der Waals surface area contributed by atoms with Crippen molar-refractivity contribution in [2.75, 3.05) is 46.2 Å². The minimum absolute atomic E-state index is 0.139. The van der Waals surface area contributed by atoms with E-state index in [0.29, 0.717) is 12.2 Å². The minimum atomic E-state index is -0.560. The van der Waals surface area contributed by atoms with Gasteiger partial charge in [-0.05, 0) is 20.8 Å². The van der Waals surface area contributed by atoms with Gasteiger partial charge in [0.05, 0.1) is 39.1 Å². The summed E-state index contributed by atoms with van der Waals surface area (Å²) in [5, 5.41) is 16.0. The number of ether oxygens (including phenoxy) is 4. The molecule has 0 amide bonds. The Kier molecular flexibility index (Phi) is 12.6. The molecule has 0 saturated carbocycles. The van der Waals surface area contributed by atoms with E-state index in [1.54, 1.807) is 0 Å². The number of epoxide rings is 2. The largest absolute Gasteiger partial charge is 0.394 e. The summed E-state index contributed by atoms with van der Waals surface area (Å²) in [6.45, 7) is 10.3. The van der Waals surface area contributed by atoms with E-state index in [0.717, 1.165) is 39.6 Å². The average Bonchev–Trinajstić information content (AvgIpc) is 3.26. The predicted molar refractivity (Wildman–Crippen MR) is 71.2 cm³/mol. The zero-order valence-electron chi connectivity index (χ0n) is 12.2. The van der Waals surface area contributed by atoms with Crippen molar-refractivity contribution in [1.29, 1.82) is 0 Å². The van der Waals surface area contributed by atoms with Crippen molar-refractivity contribution in [3.05, 3.63) is 0 Å². The van der Waals surface area contributed by atoms with Crippen LogP contribution in [0.3, 0.4) is 0 Å². The van der Waals surface area contributed by atoms with Crippen LogP contribution in [0, 0.1) is 0 Å². The van der Waals surface area contributed by atoms with Crippen molar-refractivity contribution in [3.8, 4) is 0 Å². The van der Waals surface area contributed by atoms with E-state index >= 15 is 0 Å². The molecule has 0 aromatic heterocycles. The summed E-state index contributed by atoms with van der Waals surface area (Å²) in [7, 11) is 0. The smallest absolute Gasteiger partial charge is 0.104 e. The van der Waals surface area contributed by atoms with Crippen LogP contribution in [0.1, 0.15) is 20.8 Å². The van der Waals surface area contributed by atoms with Crippen molar-refractivity contribution >= 4 is 0 Å². The van der Waals surface area contributed by atoms with E-state index < -0.39 is 6.10 Å². The van der Waals surface area contributed by atoms with Crippen molar-refractivity contribution in [2.24, 2.45) is 0 Å². The van der Waals surface area contributed by atoms with E-state index in [1.807, 2.05) is 13.8 Å². The van der Waals surface area contributed by atoms with Gasteiger partial charge in [-0.3, -0.25) is 0 Å². The average molecular weight is 280 g/mol. The first-order valence-corrected chi connectivity index (χ1v) is 6.81. The van der Waals surface area contributed by atoms with E-state index in [4.69, 9.17) is 29.2 Å². The summed E-state index contributed by atoms with van der Waals surface area (Å²) in [5.74, 6) is 0. The lowest BCUT2D eigenvalue weighted by atomic mass is 10.5. The van der Waals surface area contributed by atoms with Crippen molar-refractivity contribution < 1.29 is 29.2 Å². The van der Waals surface area contributed by atoms with Gasteiger partial charge in [-0.2, -0.15) is 0 Å². The SMILES string of the molecule is C(OCC1CO1)C1CO1.CC(O)CO.CCOCC. The molecule has 6 nitrogen and oxygen atoms in total. The van der Waals surface area contributed by atoms with E-state index in [2.05, 4.69) is 0 Å². The molecule has 2 aliphatic heterocycles. The van der Waals surface area contributed by atoms with Crippen LogP contribution in [0.2, 0.25) is 0 Å². The maximum atomic E-state index is 8.11. The molecule has 2 rings (SSSR count). The molecule has 2 saturated heterocycles. The maximum absolute atomic E-state index is 8.11. The highest BCUT2D eigenvalue weighted by molar-refractivity contribution is 4.71. The fourth-order valence-corrected chi connectivity index (χ4v) is 0.864. The van der Waals surface area contributed by atoms with Gasteiger partial charge in [0.2, 0.25) is 0 Å². The number of aliphatic hydroxyl groups excluding tert-OH is 2. The number of rotatable bonds is 7. The normalized spacial score (nSPS) is 24.5. The first-order valence-electron chi connectivity index (χ1n) is 6.81. The van der Waals surface area contributed by atoms with Gasteiger partial charge >= 0.3 is 0 Å². The molecule has 2 N–H and O–H groups in total. The Morgan fingerprint density at radius 1 is 1.05 bits per heavy atom. The first-order chi connectivity index (χ1) is 9.13. The lowest BCUT2D eigenvalue weighted by Crippen LogP contribution is -2.06. The van der Waals surface area contributed by atoms with Crippen molar-refractivity contribution in [3.63, 3.8) is 0 Å². The molecule has 2 heterocycles. The third kappa shape index (κ3) is 17.8. The van der Waals surface area contributed by atoms with Crippen LogP contribution in [-0.2, 0) is 18.9 Å². The van der Waals surface area contributed by atoms with E-state index in [9.17, 15) is 0 Å². The Hall–Kier alpha value is -0.240. The van der Waals surface area contributed by atoms with E-state index in [-0.39, 0.29) is 6.61 Å². The van der Waals surface area contributed by atoms with Gasteiger partial charge in [0, 0.05) is 13.2 Å². The molecule has 6 heteroatoms. The Labute approximate surface area is 115 Å². The summed E-state index contributed by atoms with van der Waals surface area (Å²) >= 11 is 0. The van der Waals surface area contributed by atoms with Crippen LogP contribution in [0.5, 0.6) is 0 Å². The predicted octanol–water partition coefficient (Wildman–Crippen LogP) is 0.203. The maximum Gasteiger partial charge on any atom is 0.104 e. The molecule has 19 heavy (non-hydrogen) atoms. The Morgan fingerprint density at radius 2 is 1.42 bits per heavy atom. The minimum Gasteiger partial charge on any atom is -0.394 e. The molecule has 0 aliphatic carbocycles. The number of hydrogen-bond donors (Lipinski definition) is 2. The molecule has 0 radical (unpaired) electrons. The van der Waals surface area contributed by atoms with Gasteiger partial charge in [-0.15, -0.1) is 0 Å². The van der Waals surface area contributed by atoms with Crippen molar-refractivity contribution in [2.45, 2.75) is 39.1 Å². The standard InChI is InChI=1S/C6H10O3.C4H10O.C3H8O2/c1(5-3-8-5)7-2-6-4-9-6;1-3-5-4-2;1-3(5)2-4/h5-6H,1-4H2;3-4H2,1-2H3;3-5H,2H2,1H3. The fourth-order valence-electron chi connectivity index (χ4n) is 0.864. The van der Waals surface area contributed by atoms with E-state index in [1.165, 1.54) is 6.92 Å². The number of aliphatic hydroxyl groups is 2. The molecule has 0 aromatic carbocycles. The second-order valence-corrected chi connectivity index (χ2v) is 4.26. The van der Waals surface area contributed by atoms with Gasteiger partial charge in [0.1, 0.15) is 12.2 Å². The monoisotopic (exact) mass is 280 g/mol. The molecule has 3 atom stereocenters. The highest BCUT2D eigenvalue weighted by Crippen LogP contribution is 2.12. The van der Waals surface area contributed by atoms with Gasteiger partial charge in [-0.25, -0.2) is 0 Å². The highest BCUT2D eigenvalue weighted by Gasteiger charge is 2.26. The van der Waals surface area contributed by atoms with Crippen LogP contribution in [0.25, 0.3) is 0 Å². The van der Waals surface area contributed by atoms with Crippen LogP contribution >= 0.6 is 0 Å². The summed E-state index contributed by atoms with van der Waals surface area (Å²) in [4.78, 5) is 0. The molecule has 116 valence electrons. The summed E-state index contributed by atoms with van der Waals surface area (Å²) < 4.78 is 20.0. The Bertz CT molecular complexity index is 166. The molecular formula is C13H28O6. The van der Waals surface area contributed by atoms with Gasteiger partial charge < -0.3 is 29.2 Å². The fraction of sp³-hybridized carbons (Fsp3) is 1.00. The highest BCUT2D eigenvalue weighted by atomic mass is 16.6. The van der Waals surface area contributed by atoms with Gasteiger partial charge in [0.15, 0.2) is 0 Å². The summed E-state index contributed by atoms with van der Waals surface area (Å²) in [5.41, 5.74) is 0. The van der Waals surface area contributed by atoms with Crippen LogP contribution in [0.4, 0.5) is 0 Å². The second-order valence-electron chi connectivity index (χ2n) is 4.26. The van der Waals surface area contributed by atoms with Crippen molar-refractivity contribution in [1.82, 2.24) is 0 Å². The molecule has 0 spiro atoms. The van der Waals surface area contributed by atoms with Gasteiger partial charge in [-0.1, -0.05) is 0 Å². The first kappa shape index (κ1) is 18.8. The lowest BCUT2D eigenvalue weighted by Gasteiger charge is -1.95.